The summed E-state index contributed by atoms with van der Waals surface area (Å²) in [5.41, 5.74) is 0.667. The maximum Gasteiger partial charge on any atom is 0.257 e. The number of amides is 1. The van der Waals surface area contributed by atoms with Crippen molar-refractivity contribution in [2.45, 2.75) is 20.8 Å². The molecule has 1 aromatic carbocycles. The third kappa shape index (κ3) is 4.02. The Morgan fingerprint density at radius 2 is 2.00 bits per heavy atom. The fraction of sp³-hybridized carbons (Fsp3) is 0.500. The topological polar surface area (TPSA) is 29.5 Å². The molecule has 0 aliphatic rings. The maximum absolute atomic E-state index is 12.3. The molecule has 3 nitrogen and oxygen atoms in total. The van der Waals surface area contributed by atoms with Crippen LogP contribution in [-0.4, -0.2) is 31.5 Å². The molecule has 0 atom stereocenters. The number of carbonyl (C=O) groups is 1. The largest absolute Gasteiger partial charge is 0.496 e. The van der Waals surface area contributed by atoms with E-state index in [1.165, 1.54) is 0 Å². The van der Waals surface area contributed by atoms with Crippen molar-refractivity contribution in [3.8, 4) is 5.75 Å². The van der Waals surface area contributed by atoms with Gasteiger partial charge in [0.05, 0.1) is 12.7 Å². The average molecular weight is 314 g/mol. The van der Waals surface area contributed by atoms with Gasteiger partial charge in [-0.15, -0.1) is 0 Å². The number of methoxy groups -OCH3 is 1. The third-order valence-corrected chi connectivity index (χ3v) is 2.95. The number of nitrogens with zero attached hydrogens (tertiary/aromatic N) is 1. The monoisotopic (exact) mass is 313 g/mol. The van der Waals surface area contributed by atoms with E-state index in [1.54, 1.807) is 24.1 Å². The Kier molecular flexibility index (Phi) is 4.79. The van der Waals surface area contributed by atoms with Crippen LogP contribution in [0.5, 0.6) is 5.75 Å². The van der Waals surface area contributed by atoms with Gasteiger partial charge in [-0.2, -0.15) is 0 Å². The van der Waals surface area contributed by atoms with Gasteiger partial charge in [0, 0.05) is 18.1 Å². The van der Waals surface area contributed by atoms with Crippen LogP contribution < -0.4 is 4.74 Å². The molecule has 100 valence electrons. The van der Waals surface area contributed by atoms with Gasteiger partial charge >= 0.3 is 0 Å². The van der Waals surface area contributed by atoms with Crippen LogP contribution in [0.15, 0.2) is 22.7 Å². The fourth-order valence-electron chi connectivity index (χ4n) is 1.83. The van der Waals surface area contributed by atoms with Crippen LogP contribution in [0, 0.1) is 5.41 Å². The molecule has 4 heteroatoms. The molecule has 0 bridgehead atoms. The molecule has 0 saturated heterocycles. The minimum atomic E-state index is -0.0192. The van der Waals surface area contributed by atoms with Crippen LogP contribution in [-0.2, 0) is 0 Å². The molecular weight excluding hydrogens is 294 g/mol. The van der Waals surface area contributed by atoms with Crippen molar-refractivity contribution in [3.05, 3.63) is 28.2 Å². The second-order valence-electron chi connectivity index (χ2n) is 5.57. The van der Waals surface area contributed by atoms with Crippen LogP contribution >= 0.6 is 15.9 Å². The number of hydrogen-bond donors (Lipinski definition) is 0. The van der Waals surface area contributed by atoms with E-state index in [-0.39, 0.29) is 11.3 Å². The van der Waals surface area contributed by atoms with E-state index in [0.717, 1.165) is 4.47 Å². The van der Waals surface area contributed by atoms with E-state index in [2.05, 4.69) is 36.7 Å². The number of benzene rings is 1. The first-order valence-electron chi connectivity index (χ1n) is 5.83. The fourth-order valence-corrected chi connectivity index (χ4v) is 2.17. The van der Waals surface area contributed by atoms with E-state index in [4.69, 9.17) is 4.74 Å². The van der Waals surface area contributed by atoms with Crippen molar-refractivity contribution >= 4 is 21.8 Å². The summed E-state index contributed by atoms with van der Waals surface area (Å²) >= 11 is 3.37. The molecule has 0 aromatic heterocycles. The highest BCUT2D eigenvalue weighted by molar-refractivity contribution is 9.10. The lowest BCUT2D eigenvalue weighted by Crippen LogP contribution is -2.34. The van der Waals surface area contributed by atoms with Crippen molar-refractivity contribution in [2.24, 2.45) is 5.41 Å². The molecular formula is C14H20BrNO2. The summed E-state index contributed by atoms with van der Waals surface area (Å²) in [6.07, 6.45) is 0. The zero-order valence-corrected chi connectivity index (χ0v) is 13.2. The molecule has 0 saturated carbocycles. The first-order valence-corrected chi connectivity index (χ1v) is 6.63. The predicted molar refractivity (Wildman–Crippen MR) is 77.1 cm³/mol. The zero-order valence-electron chi connectivity index (χ0n) is 11.6. The van der Waals surface area contributed by atoms with Crippen molar-refractivity contribution in [1.29, 1.82) is 0 Å². The summed E-state index contributed by atoms with van der Waals surface area (Å²) in [5, 5.41) is 0. The van der Waals surface area contributed by atoms with Gasteiger partial charge in [0.1, 0.15) is 5.75 Å². The summed E-state index contributed by atoms with van der Waals surface area (Å²) in [4.78, 5) is 14.1. The summed E-state index contributed by atoms with van der Waals surface area (Å²) in [6, 6.07) is 5.43. The van der Waals surface area contributed by atoms with Gasteiger partial charge in [-0.25, -0.2) is 0 Å². The Morgan fingerprint density at radius 3 is 2.50 bits per heavy atom. The van der Waals surface area contributed by atoms with E-state index in [0.29, 0.717) is 17.9 Å². The van der Waals surface area contributed by atoms with Crippen molar-refractivity contribution < 1.29 is 9.53 Å². The Morgan fingerprint density at radius 1 is 1.39 bits per heavy atom. The van der Waals surface area contributed by atoms with Crippen LogP contribution in [0.25, 0.3) is 0 Å². The van der Waals surface area contributed by atoms with Crippen LogP contribution in [0.1, 0.15) is 31.1 Å². The van der Waals surface area contributed by atoms with E-state index in [1.807, 2.05) is 13.1 Å². The lowest BCUT2D eigenvalue weighted by molar-refractivity contribution is 0.0742. The molecule has 1 aromatic rings. The normalized spacial score (nSPS) is 11.2. The first-order chi connectivity index (χ1) is 8.24. The average Bonchev–Trinajstić information content (AvgIpc) is 2.25. The second-order valence-corrected chi connectivity index (χ2v) is 6.48. The molecule has 0 unspecified atom stereocenters. The molecule has 0 spiro atoms. The molecule has 1 amide bonds. The number of rotatable bonds is 3. The molecule has 0 radical (unpaired) electrons. The van der Waals surface area contributed by atoms with Crippen LogP contribution in [0.2, 0.25) is 0 Å². The summed E-state index contributed by atoms with van der Waals surface area (Å²) in [6.45, 7) is 7.02. The minimum absolute atomic E-state index is 0.0192. The second kappa shape index (κ2) is 5.74. The van der Waals surface area contributed by atoms with Gasteiger partial charge in [0.15, 0.2) is 0 Å². The number of carbonyl (C=O) groups excluding carboxylic acids is 1. The van der Waals surface area contributed by atoms with Crippen molar-refractivity contribution in [1.82, 2.24) is 4.90 Å². The van der Waals surface area contributed by atoms with Gasteiger partial charge in [-0.3, -0.25) is 4.79 Å². The van der Waals surface area contributed by atoms with Gasteiger partial charge < -0.3 is 9.64 Å². The lowest BCUT2D eigenvalue weighted by atomic mass is 9.96. The quantitative estimate of drug-likeness (QED) is 0.853. The summed E-state index contributed by atoms with van der Waals surface area (Å²) in [5.74, 6) is 0.574. The number of ether oxygens (including phenoxy) is 1. The standard InChI is InChI=1S/C14H20BrNO2/c1-14(2,3)9-16(4)13(17)11-7-6-10(15)8-12(11)18-5/h6-8H,9H2,1-5H3. The van der Waals surface area contributed by atoms with Crippen LogP contribution in [0.4, 0.5) is 0 Å². The Hall–Kier alpha value is -1.03. The molecule has 0 aliphatic carbocycles. The Labute approximate surface area is 117 Å². The SMILES string of the molecule is COc1cc(Br)ccc1C(=O)N(C)CC(C)(C)C. The Bertz CT molecular complexity index is 438. The van der Waals surface area contributed by atoms with E-state index >= 15 is 0 Å². The smallest absolute Gasteiger partial charge is 0.257 e. The highest BCUT2D eigenvalue weighted by Crippen LogP contribution is 2.25. The molecule has 18 heavy (non-hydrogen) atoms. The van der Waals surface area contributed by atoms with Gasteiger partial charge in [-0.05, 0) is 23.6 Å². The molecule has 0 heterocycles. The van der Waals surface area contributed by atoms with Crippen molar-refractivity contribution in [2.75, 3.05) is 20.7 Å². The van der Waals surface area contributed by atoms with E-state index < -0.39 is 0 Å². The molecule has 0 fully saturated rings. The molecule has 0 N–H and O–H groups in total. The van der Waals surface area contributed by atoms with Gasteiger partial charge in [-0.1, -0.05) is 36.7 Å². The van der Waals surface area contributed by atoms with Gasteiger partial charge in [0.25, 0.3) is 5.91 Å². The summed E-state index contributed by atoms with van der Waals surface area (Å²) in [7, 11) is 3.39. The predicted octanol–water partition coefficient (Wildman–Crippen LogP) is 3.58. The first kappa shape index (κ1) is 15.0. The third-order valence-electron chi connectivity index (χ3n) is 2.45. The number of hydrogen-bond acceptors (Lipinski definition) is 2. The summed E-state index contributed by atoms with van der Waals surface area (Å²) < 4.78 is 6.15. The lowest BCUT2D eigenvalue weighted by Gasteiger charge is -2.27. The van der Waals surface area contributed by atoms with E-state index in [9.17, 15) is 4.79 Å². The van der Waals surface area contributed by atoms with Gasteiger partial charge in [0.2, 0.25) is 0 Å². The maximum atomic E-state index is 12.3. The number of halogens is 1. The van der Waals surface area contributed by atoms with Crippen molar-refractivity contribution in [3.63, 3.8) is 0 Å². The highest BCUT2D eigenvalue weighted by Gasteiger charge is 2.21. The zero-order chi connectivity index (χ0) is 13.9. The molecule has 0 aliphatic heterocycles. The minimum Gasteiger partial charge on any atom is -0.496 e. The van der Waals surface area contributed by atoms with Crippen LogP contribution in [0.3, 0.4) is 0 Å². The highest BCUT2D eigenvalue weighted by atomic mass is 79.9. The Balaban J connectivity index is 2.96. The molecule has 1 rings (SSSR count).